The van der Waals surface area contributed by atoms with Crippen molar-refractivity contribution in [3.63, 3.8) is 0 Å². The number of nitrogens with zero attached hydrogens (tertiary/aromatic N) is 1. The van der Waals surface area contributed by atoms with Crippen LogP contribution in [0.4, 0.5) is 4.39 Å². The van der Waals surface area contributed by atoms with Gasteiger partial charge in [-0.15, -0.1) is 0 Å². The van der Waals surface area contributed by atoms with Crippen molar-refractivity contribution in [1.82, 2.24) is 4.31 Å². The smallest absolute Gasteiger partial charge is 0.116 e. The van der Waals surface area contributed by atoms with Crippen molar-refractivity contribution in [3.05, 3.63) is 0 Å². The molecule has 0 radical (unpaired) electrons. The number of alkyl halides is 1. The second-order valence-electron chi connectivity index (χ2n) is 4.55. The average molecular weight is 218 g/mol. The number of hydrogen-bond acceptors (Lipinski definition) is 3. The van der Waals surface area contributed by atoms with E-state index in [1.54, 1.807) is 11.9 Å². The lowest BCUT2D eigenvalue weighted by molar-refractivity contribution is 0.128. The first kappa shape index (κ1) is 10.7. The van der Waals surface area contributed by atoms with Gasteiger partial charge in [0.1, 0.15) is 6.17 Å². The fourth-order valence-electron chi connectivity index (χ4n) is 2.85. The molecule has 1 aliphatic carbocycles. The predicted octanol–water partition coefficient (Wildman–Crippen LogP) is 1.81. The number of rotatable bonds is 1. The molecule has 1 spiro atoms. The third-order valence-corrected chi connectivity index (χ3v) is 4.87. The largest absolute Gasteiger partial charge is 0.325 e. The Morgan fingerprint density at radius 2 is 2.00 bits per heavy atom. The molecule has 1 heterocycles. The van der Waals surface area contributed by atoms with Gasteiger partial charge in [0.05, 0.1) is 0 Å². The fourth-order valence-corrected chi connectivity index (χ4v) is 3.40. The Kier molecular flexibility index (Phi) is 3.05. The van der Waals surface area contributed by atoms with Crippen LogP contribution >= 0.6 is 11.9 Å². The second-order valence-corrected chi connectivity index (χ2v) is 5.44. The lowest BCUT2D eigenvalue weighted by Crippen LogP contribution is -2.47. The van der Waals surface area contributed by atoms with Crippen LogP contribution in [0.5, 0.6) is 0 Å². The number of piperidine rings is 1. The van der Waals surface area contributed by atoms with E-state index < -0.39 is 6.17 Å². The maximum atomic E-state index is 13.4. The molecule has 0 aromatic carbocycles. The zero-order valence-corrected chi connectivity index (χ0v) is 9.52. The van der Waals surface area contributed by atoms with E-state index in [4.69, 9.17) is 5.73 Å². The molecule has 2 fully saturated rings. The summed E-state index contributed by atoms with van der Waals surface area (Å²) in [5.41, 5.74) is 6.11. The summed E-state index contributed by atoms with van der Waals surface area (Å²) >= 11 is 1.79. The van der Waals surface area contributed by atoms with E-state index in [2.05, 4.69) is 10.6 Å². The summed E-state index contributed by atoms with van der Waals surface area (Å²) in [4.78, 5) is 0. The molecule has 82 valence electrons. The summed E-state index contributed by atoms with van der Waals surface area (Å²) < 4.78 is 15.7. The van der Waals surface area contributed by atoms with Gasteiger partial charge in [0.25, 0.3) is 0 Å². The van der Waals surface area contributed by atoms with Crippen molar-refractivity contribution < 1.29 is 4.39 Å². The van der Waals surface area contributed by atoms with Crippen molar-refractivity contribution in [2.75, 3.05) is 19.3 Å². The molecular weight excluding hydrogens is 199 g/mol. The summed E-state index contributed by atoms with van der Waals surface area (Å²) in [6.07, 6.45) is 5.18. The van der Waals surface area contributed by atoms with Crippen LogP contribution in [0, 0.1) is 5.41 Å². The zero-order valence-electron chi connectivity index (χ0n) is 8.71. The highest BCUT2D eigenvalue weighted by Gasteiger charge is 2.47. The van der Waals surface area contributed by atoms with Crippen LogP contribution in [0.3, 0.4) is 0 Å². The van der Waals surface area contributed by atoms with E-state index in [1.165, 1.54) is 0 Å². The molecule has 0 amide bonds. The zero-order chi connectivity index (χ0) is 10.2. The van der Waals surface area contributed by atoms with Gasteiger partial charge in [0, 0.05) is 19.1 Å². The highest BCUT2D eigenvalue weighted by Crippen LogP contribution is 2.47. The van der Waals surface area contributed by atoms with Gasteiger partial charge in [0.15, 0.2) is 0 Å². The highest BCUT2D eigenvalue weighted by atomic mass is 32.2. The third kappa shape index (κ3) is 1.68. The quantitative estimate of drug-likeness (QED) is 0.681. The van der Waals surface area contributed by atoms with Gasteiger partial charge in [-0.05, 0) is 37.4 Å². The predicted molar refractivity (Wildman–Crippen MR) is 58.9 cm³/mol. The first-order valence-electron chi connectivity index (χ1n) is 5.37. The van der Waals surface area contributed by atoms with Crippen LogP contribution in [-0.4, -0.2) is 35.9 Å². The average Bonchev–Trinajstić information content (AvgIpc) is 2.49. The Hall–Kier alpha value is 0.200. The summed E-state index contributed by atoms with van der Waals surface area (Å²) in [7, 11) is 0. The molecule has 0 bridgehead atoms. The lowest BCUT2D eigenvalue weighted by atomic mass is 9.75. The van der Waals surface area contributed by atoms with Gasteiger partial charge >= 0.3 is 0 Å². The molecule has 1 saturated heterocycles. The standard InChI is InChI=1S/C10H19FN2S/c1-14-13-6-4-10(5-7-13)3-2-8(11)9(10)12/h8-9H,2-7,12H2,1H3. The van der Waals surface area contributed by atoms with Gasteiger partial charge in [0.2, 0.25) is 0 Å². The molecule has 0 aromatic heterocycles. The van der Waals surface area contributed by atoms with Gasteiger partial charge in [-0.3, -0.25) is 4.31 Å². The van der Waals surface area contributed by atoms with Crippen molar-refractivity contribution in [3.8, 4) is 0 Å². The summed E-state index contributed by atoms with van der Waals surface area (Å²) in [6.45, 7) is 2.14. The Morgan fingerprint density at radius 1 is 1.36 bits per heavy atom. The van der Waals surface area contributed by atoms with E-state index >= 15 is 0 Å². The van der Waals surface area contributed by atoms with Crippen molar-refractivity contribution >= 4 is 11.9 Å². The monoisotopic (exact) mass is 218 g/mol. The number of nitrogens with two attached hydrogens (primary N) is 1. The molecule has 2 N–H and O–H groups in total. The number of halogens is 1. The molecule has 0 aromatic rings. The Balaban J connectivity index is 1.99. The first-order valence-corrected chi connectivity index (χ1v) is 6.55. The maximum Gasteiger partial charge on any atom is 0.116 e. The Labute approximate surface area is 89.5 Å². The normalized spacial score (nSPS) is 37.9. The molecule has 2 aliphatic rings. The molecule has 2 atom stereocenters. The van der Waals surface area contributed by atoms with Gasteiger partial charge < -0.3 is 5.73 Å². The molecular formula is C10H19FN2S. The highest BCUT2D eigenvalue weighted by molar-refractivity contribution is 7.96. The molecule has 2 unspecified atom stereocenters. The van der Waals surface area contributed by atoms with Crippen LogP contribution < -0.4 is 5.73 Å². The van der Waals surface area contributed by atoms with E-state index in [0.717, 1.165) is 32.4 Å². The molecule has 2 rings (SSSR count). The van der Waals surface area contributed by atoms with E-state index in [-0.39, 0.29) is 11.5 Å². The maximum absolute atomic E-state index is 13.4. The van der Waals surface area contributed by atoms with Crippen molar-refractivity contribution in [2.24, 2.45) is 11.1 Å². The first-order chi connectivity index (χ1) is 6.68. The van der Waals surface area contributed by atoms with Gasteiger partial charge in [-0.25, -0.2) is 4.39 Å². The minimum absolute atomic E-state index is 0.131. The molecule has 2 nitrogen and oxygen atoms in total. The summed E-state index contributed by atoms with van der Waals surface area (Å²) in [5.74, 6) is 0. The SMILES string of the molecule is CSN1CCC2(CCC(F)C2N)CC1. The van der Waals surface area contributed by atoms with E-state index in [0.29, 0.717) is 6.42 Å². The lowest BCUT2D eigenvalue weighted by Gasteiger charge is -2.41. The van der Waals surface area contributed by atoms with Gasteiger partial charge in [-0.2, -0.15) is 0 Å². The van der Waals surface area contributed by atoms with Crippen molar-refractivity contribution in [1.29, 1.82) is 0 Å². The van der Waals surface area contributed by atoms with Crippen LogP contribution in [0.25, 0.3) is 0 Å². The topological polar surface area (TPSA) is 29.3 Å². The van der Waals surface area contributed by atoms with Crippen LogP contribution in [0.1, 0.15) is 25.7 Å². The minimum Gasteiger partial charge on any atom is -0.325 e. The molecule has 14 heavy (non-hydrogen) atoms. The van der Waals surface area contributed by atoms with Crippen molar-refractivity contribution in [2.45, 2.75) is 37.9 Å². The van der Waals surface area contributed by atoms with Crippen LogP contribution in [0.15, 0.2) is 0 Å². The number of hydrogen-bond donors (Lipinski definition) is 1. The summed E-state index contributed by atoms with van der Waals surface area (Å²) in [6, 6.07) is -0.202. The Morgan fingerprint density at radius 3 is 2.43 bits per heavy atom. The van der Waals surface area contributed by atoms with E-state index in [1.807, 2.05) is 0 Å². The van der Waals surface area contributed by atoms with Gasteiger partial charge in [-0.1, -0.05) is 11.9 Å². The molecule has 1 aliphatic heterocycles. The Bertz CT molecular complexity index is 204. The summed E-state index contributed by atoms with van der Waals surface area (Å²) in [5, 5.41) is 0. The fraction of sp³-hybridized carbons (Fsp3) is 1.00. The van der Waals surface area contributed by atoms with Crippen LogP contribution in [-0.2, 0) is 0 Å². The minimum atomic E-state index is -0.754. The third-order valence-electron chi connectivity index (χ3n) is 3.99. The van der Waals surface area contributed by atoms with Crippen LogP contribution in [0.2, 0.25) is 0 Å². The molecule has 1 saturated carbocycles. The molecule has 4 heteroatoms. The van der Waals surface area contributed by atoms with E-state index in [9.17, 15) is 4.39 Å². The second kappa shape index (κ2) is 3.99.